The van der Waals surface area contributed by atoms with E-state index in [9.17, 15) is 23.8 Å². The maximum atomic E-state index is 13.4. The number of benzene rings is 1. The van der Waals surface area contributed by atoms with Crippen LogP contribution in [0, 0.1) is 11.6 Å². The molecule has 120 valence electrons. The van der Waals surface area contributed by atoms with Crippen LogP contribution in [0.5, 0.6) is 5.75 Å². The van der Waals surface area contributed by atoms with E-state index in [4.69, 9.17) is 0 Å². The average Bonchev–Trinajstić information content (AvgIpc) is 2.91. The highest BCUT2D eigenvalue weighted by molar-refractivity contribution is 5.94. The van der Waals surface area contributed by atoms with Crippen molar-refractivity contribution in [3.63, 3.8) is 0 Å². The molecule has 0 saturated carbocycles. The molecular weight excluding hydrogens is 306 g/mol. The van der Waals surface area contributed by atoms with Gasteiger partial charge in [0.15, 0.2) is 11.6 Å². The van der Waals surface area contributed by atoms with Gasteiger partial charge in [0.2, 0.25) is 0 Å². The number of aromatic hydroxyl groups is 1. The van der Waals surface area contributed by atoms with E-state index in [0.717, 1.165) is 12.1 Å². The monoisotopic (exact) mass is 320 g/mol. The van der Waals surface area contributed by atoms with Crippen molar-refractivity contribution in [3.8, 4) is 5.75 Å². The van der Waals surface area contributed by atoms with Gasteiger partial charge in [-0.25, -0.2) is 8.78 Å². The lowest BCUT2D eigenvalue weighted by Gasteiger charge is -2.25. The number of hydrogen-bond acceptors (Lipinski definition) is 4. The Hall–Kier alpha value is -2.54. The highest BCUT2D eigenvalue weighted by Gasteiger charge is 2.36. The molecule has 0 unspecified atom stereocenters. The van der Waals surface area contributed by atoms with Crippen LogP contribution in [0.15, 0.2) is 36.7 Å². The first kappa shape index (κ1) is 15.4. The van der Waals surface area contributed by atoms with E-state index in [0.29, 0.717) is 5.56 Å². The van der Waals surface area contributed by atoms with Crippen molar-refractivity contribution in [1.82, 2.24) is 9.88 Å². The molecule has 2 heterocycles. The number of carbonyl (C=O) groups excluding carboxylic acids is 1. The number of pyridine rings is 1. The second-order valence-corrected chi connectivity index (χ2v) is 5.47. The second-order valence-electron chi connectivity index (χ2n) is 5.47. The van der Waals surface area contributed by atoms with Crippen molar-refractivity contribution in [2.24, 2.45) is 0 Å². The Morgan fingerprint density at radius 3 is 2.70 bits per heavy atom. The second kappa shape index (κ2) is 5.92. The van der Waals surface area contributed by atoms with E-state index in [2.05, 4.69) is 4.98 Å². The number of hydrogen-bond donors (Lipinski definition) is 2. The van der Waals surface area contributed by atoms with Crippen LogP contribution in [0.2, 0.25) is 0 Å². The zero-order chi connectivity index (χ0) is 16.6. The zero-order valence-corrected chi connectivity index (χ0v) is 12.0. The fourth-order valence-electron chi connectivity index (χ4n) is 2.78. The van der Waals surface area contributed by atoms with Crippen LogP contribution in [-0.2, 0) is 0 Å². The molecule has 1 amide bonds. The maximum absolute atomic E-state index is 13.4. The van der Waals surface area contributed by atoms with Crippen molar-refractivity contribution < 1.29 is 23.8 Å². The number of carbonyl (C=O) groups is 1. The Bertz CT molecular complexity index is 754. The van der Waals surface area contributed by atoms with Crippen LogP contribution in [0.4, 0.5) is 8.78 Å². The van der Waals surface area contributed by atoms with Crippen molar-refractivity contribution in [2.75, 3.05) is 6.54 Å². The summed E-state index contributed by atoms with van der Waals surface area (Å²) in [6.07, 6.45) is 1.96. The largest absolute Gasteiger partial charge is 0.506 e. The maximum Gasteiger partial charge on any atom is 0.256 e. The molecule has 0 bridgehead atoms. The number of amides is 1. The quantitative estimate of drug-likeness (QED) is 0.888. The van der Waals surface area contributed by atoms with Crippen LogP contribution >= 0.6 is 0 Å². The van der Waals surface area contributed by atoms with E-state index < -0.39 is 29.7 Å². The lowest BCUT2D eigenvalue weighted by molar-refractivity contribution is 0.0714. The number of likely N-dealkylation sites (tertiary alicyclic amines) is 1. The van der Waals surface area contributed by atoms with Gasteiger partial charge >= 0.3 is 0 Å². The first-order valence-electron chi connectivity index (χ1n) is 7.03. The molecule has 7 heteroatoms. The minimum atomic E-state index is -1.00. The average molecular weight is 320 g/mol. The Morgan fingerprint density at radius 2 is 2.00 bits per heavy atom. The first-order chi connectivity index (χ1) is 11.0. The van der Waals surface area contributed by atoms with E-state index in [1.165, 1.54) is 29.4 Å². The van der Waals surface area contributed by atoms with E-state index in [1.54, 1.807) is 0 Å². The van der Waals surface area contributed by atoms with Crippen LogP contribution in [0.25, 0.3) is 0 Å². The normalized spacial score (nSPS) is 20.7. The van der Waals surface area contributed by atoms with Gasteiger partial charge in [-0.15, -0.1) is 0 Å². The summed E-state index contributed by atoms with van der Waals surface area (Å²) in [5.41, 5.74) is 0.564. The SMILES string of the molecule is O=C(c1cncc(O)c1)N1C[C@@H](O)C[C@H]1c1ccc(F)c(F)c1. The van der Waals surface area contributed by atoms with Gasteiger partial charge in [0.1, 0.15) is 5.75 Å². The molecule has 1 aliphatic rings. The summed E-state index contributed by atoms with van der Waals surface area (Å²) in [6.45, 7) is 0.0676. The summed E-state index contributed by atoms with van der Waals surface area (Å²) < 4.78 is 26.5. The summed E-state index contributed by atoms with van der Waals surface area (Å²) in [6, 6.07) is 4.10. The molecule has 1 aromatic carbocycles. The predicted octanol–water partition coefficient (Wildman–Crippen LogP) is 2.01. The Morgan fingerprint density at radius 1 is 1.22 bits per heavy atom. The van der Waals surface area contributed by atoms with Crippen LogP contribution in [0.1, 0.15) is 28.4 Å². The summed E-state index contributed by atoms with van der Waals surface area (Å²) in [7, 11) is 0. The van der Waals surface area contributed by atoms with Crippen LogP contribution in [0.3, 0.4) is 0 Å². The van der Waals surface area contributed by atoms with Crippen molar-refractivity contribution in [1.29, 1.82) is 0 Å². The van der Waals surface area contributed by atoms with Gasteiger partial charge in [-0.3, -0.25) is 9.78 Å². The molecule has 2 aromatic rings. The first-order valence-corrected chi connectivity index (χ1v) is 7.03. The molecule has 0 radical (unpaired) electrons. The highest BCUT2D eigenvalue weighted by Crippen LogP contribution is 2.34. The topological polar surface area (TPSA) is 73.7 Å². The molecule has 3 rings (SSSR count). The van der Waals surface area contributed by atoms with Gasteiger partial charge in [-0.05, 0) is 30.2 Å². The van der Waals surface area contributed by atoms with Gasteiger partial charge in [0.25, 0.3) is 5.91 Å². The minimum absolute atomic E-state index is 0.0676. The molecule has 1 aromatic heterocycles. The van der Waals surface area contributed by atoms with Crippen LogP contribution < -0.4 is 0 Å². The van der Waals surface area contributed by atoms with Crippen molar-refractivity contribution in [3.05, 3.63) is 59.4 Å². The summed E-state index contributed by atoms with van der Waals surface area (Å²) in [4.78, 5) is 17.7. The van der Waals surface area contributed by atoms with E-state index >= 15 is 0 Å². The fourth-order valence-corrected chi connectivity index (χ4v) is 2.78. The van der Waals surface area contributed by atoms with E-state index in [1.807, 2.05) is 0 Å². The fraction of sp³-hybridized carbons (Fsp3) is 0.250. The number of halogens is 2. The number of rotatable bonds is 2. The highest BCUT2D eigenvalue weighted by atomic mass is 19.2. The Balaban J connectivity index is 1.93. The molecule has 0 spiro atoms. The lowest BCUT2D eigenvalue weighted by atomic mass is 10.0. The third-order valence-corrected chi connectivity index (χ3v) is 3.84. The molecule has 0 aliphatic carbocycles. The van der Waals surface area contributed by atoms with Crippen molar-refractivity contribution >= 4 is 5.91 Å². The van der Waals surface area contributed by atoms with Gasteiger partial charge in [-0.1, -0.05) is 6.07 Å². The number of β-amino-alcohol motifs (C(OH)–C–C–N with tert-alkyl or cyclic N) is 1. The Kier molecular flexibility index (Phi) is 3.96. The van der Waals surface area contributed by atoms with Crippen molar-refractivity contribution in [2.45, 2.75) is 18.6 Å². The molecule has 1 aliphatic heterocycles. The molecule has 2 N–H and O–H groups in total. The molecule has 1 saturated heterocycles. The summed E-state index contributed by atoms with van der Waals surface area (Å²) >= 11 is 0. The number of aliphatic hydroxyl groups excluding tert-OH is 1. The number of nitrogens with zero attached hydrogens (tertiary/aromatic N) is 2. The third-order valence-electron chi connectivity index (χ3n) is 3.84. The minimum Gasteiger partial charge on any atom is -0.506 e. The molecule has 23 heavy (non-hydrogen) atoms. The zero-order valence-electron chi connectivity index (χ0n) is 12.0. The number of aliphatic hydroxyl groups is 1. The predicted molar refractivity (Wildman–Crippen MR) is 76.7 cm³/mol. The smallest absolute Gasteiger partial charge is 0.256 e. The third kappa shape index (κ3) is 3.00. The van der Waals surface area contributed by atoms with Gasteiger partial charge in [0, 0.05) is 12.7 Å². The van der Waals surface area contributed by atoms with E-state index in [-0.39, 0.29) is 24.3 Å². The standard InChI is InChI=1S/C16H14F2N2O3/c17-13-2-1-9(4-14(13)18)15-5-12(22)8-20(15)16(23)10-3-11(21)7-19-6-10/h1-4,6-7,12,15,21-22H,5,8H2/t12-,15-/m0/s1. The summed E-state index contributed by atoms with van der Waals surface area (Å²) in [5, 5.41) is 19.3. The lowest BCUT2D eigenvalue weighted by Crippen LogP contribution is -2.31. The van der Waals surface area contributed by atoms with Gasteiger partial charge in [0.05, 0.1) is 23.9 Å². The molecule has 5 nitrogen and oxygen atoms in total. The molecular formula is C16H14F2N2O3. The van der Waals surface area contributed by atoms with Gasteiger partial charge < -0.3 is 15.1 Å². The molecule has 2 atom stereocenters. The van der Waals surface area contributed by atoms with Crippen LogP contribution in [-0.4, -0.2) is 38.7 Å². The number of aromatic nitrogens is 1. The van der Waals surface area contributed by atoms with Gasteiger partial charge in [-0.2, -0.15) is 0 Å². The summed E-state index contributed by atoms with van der Waals surface area (Å²) in [5.74, 6) is -2.57. The Labute approximate surface area is 130 Å². The molecule has 1 fully saturated rings.